The summed E-state index contributed by atoms with van der Waals surface area (Å²) in [7, 11) is -3.48. The lowest BCUT2D eigenvalue weighted by Gasteiger charge is -2.31. The Morgan fingerprint density at radius 1 is 1.33 bits per heavy atom. The molecule has 0 unspecified atom stereocenters. The van der Waals surface area contributed by atoms with Gasteiger partial charge in [0.2, 0.25) is 0 Å². The summed E-state index contributed by atoms with van der Waals surface area (Å²) < 4.78 is 30.2. The quantitative estimate of drug-likeness (QED) is 0.853. The molecule has 0 spiro atoms. The van der Waals surface area contributed by atoms with Gasteiger partial charge >= 0.3 is 0 Å². The fourth-order valence-corrected chi connectivity index (χ4v) is 3.56. The third-order valence-electron chi connectivity index (χ3n) is 3.57. The molecule has 1 aromatic rings. The average molecular weight is 311 g/mol. The standard InChI is InChI=1S/C15H21NO4S/c1-11(2)21(18,19)14-7-5-4-6-13(14)15(17)16-8-9-20-12(3)10-16/h4-7,11-12H,8-10H2,1-3H3/t12-/m1/s1. The van der Waals surface area contributed by atoms with Crippen molar-refractivity contribution >= 4 is 15.7 Å². The molecule has 1 aliphatic rings. The van der Waals surface area contributed by atoms with Crippen LogP contribution in [0.1, 0.15) is 31.1 Å². The molecule has 1 fully saturated rings. The summed E-state index contributed by atoms with van der Waals surface area (Å²) in [6.07, 6.45) is -0.0310. The van der Waals surface area contributed by atoms with E-state index in [-0.39, 0.29) is 22.5 Å². The van der Waals surface area contributed by atoms with Crippen LogP contribution in [0.25, 0.3) is 0 Å². The monoisotopic (exact) mass is 311 g/mol. The largest absolute Gasteiger partial charge is 0.375 e. The summed E-state index contributed by atoms with van der Waals surface area (Å²) in [6, 6.07) is 6.43. The lowest BCUT2D eigenvalue weighted by atomic mass is 10.1. The van der Waals surface area contributed by atoms with Gasteiger partial charge in [-0.15, -0.1) is 0 Å². The Morgan fingerprint density at radius 3 is 2.62 bits per heavy atom. The Labute approximate surface area is 125 Å². The summed E-state index contributed by atoms with van der Waals surface area (Å²) in [5.74, 6) is -0.245. The Morgan fingerprint density at radius 2 is 2.00 bits per heavy atom. The molecular weight excluding hydrogens is 290 g/mol. The minimum absolute atomic E-state index is 0.0310. The van der Waals surface area contributed by atoms with Crippen molar-refractivity contribution in [1.29, 1.82) is 0 Å². The Kier molecular flexibility index (Phi) is 4.68. The Hall–Kier alpha value is -1.40. The van der Waals surface area contributed by atoms with Gasteiger partial charge < -0.3 is 9.64 Å². The molecule has 1 aliphatic heterocycles. The topological polar surface area (TPSA) is 63.7 Å². The second kappa shape index (κ2) is 6.15. The maximum Gasteiger partial charge on any atom is 0.255 e. The van der Waals surface area contributed by atoms with Crippen LogP contribution < -0.4 is 0 Å². The number of carbonyl (C=O) groups is 1. The third-order valence-corrected chi connectivity index (χ3v) is 5.78. The zero-order chi connectivity index (χ0) is 15.6. The predicted octanol–water partition coefficient (Wildman–Crippen LogP) is 1.73. The van der Waals surface area contributed by atoms with Crippen molar-refractivity contribution in [2.24, 2.45) is 0 Å². The van der Waals surface area contributed by atoms with E-state index in [1.807, 2.05) is 6.92 Å². The smallest absolute Gasteiger partial charge is 0.255 e. The lowest BCUT2D eigenvalue weighted by molar-refractivity contribution is -0.0125. The summed E-state index contributed by atoms with van der Waals surface area (Å²) in [5, 5.41) is -0.560. The Balaban J connectivity index is 2.39. The number of morpholine rings is 1. The number of amides is 1. The molecule has 0 N–H and O–H groups in total. The zero-order valence-electron chi connectivity index (χ0n) is 12.6. The summed E-state index contributed by atoms with van der Waals surface area (Å²) in [5.41, 5.74) is 0.250. The van der Waals surface area contributed by atoms with Crippen molar-refractivity contribution < 1.29 is 17.9 Å². The molecule has 0 aliphatic carbocycles. The van der Waals surface area contributed by atoms with Crippen molar-refractivity contribution in [2.45, 2.75) is 37.0 Å². The van der Waals surface area contributed by atoms with Crippen molar-refractivity contribution in [2.75, 3.05) is 19.7 Å². The minimum Gasteiger partial charge on any atom is -0.375 e. The van der Waals surface area contributed by atoms with E-state index in [0.717, 1.165) is 0 Å². The summed E-state index contributed by atoms with van der Waals surface area (Å²) in [4.78, 5) is 14.4. The van der Waals surface area contributed by atoms with Crippen LogP contribution in [0.4, 0.5) is 0 Å². The summed E-state index contributed by atoms with van der Waals surface area (Å²) in [6.45, 7) is 6.58. The molecule has 1 saturated heterocycles. The molecule has 0 saturated carbocycles. The molecule has 0 radical (unpaired) electrons. The molecular formula is C15H21NO4S. The first kappa shape index (κ1) is 16.0. The normalized spacial score (nSPS) is 19.8. The molecule has 1 heterocycles. The van der Waals surface area contributed by atoms with Gasteiger partial charge in [-0.1, -0.05) is 12.1 Å². The molecule has 0 aromatic heterocycles. The van der Waals surface area contributed by atoms with E-state index in [1.165, 1.54) is 6.07 Å². The van der Waals surface area contributed by atoms with Gasteiger partial charge in [-0.3, -0.25) is 4.79 Å². The number of hydrogen-bond acceptors (Lipinski definition) is 4. The Bertz CT molecular complexity index is 624. The number of nitrogens with zero attached hydrogens (tertiary/aromatic N) is 1. The number of carbonyl (C=O) groups excluding carboxylic acids is 1. The fourth-order valence-electron chi connectivity index (χ4n) is 2.32. The van der Waals surface area contributed by atoms with E-state index >= 15 is 0 Å². The highest BCUT2D eigenvalue weighted by molar-refractivity contribution is 7.92. The minimum atomic E-state index is -3.48. The van der Waals surface area contributed by atoms with Gasteiger partial charge in [-0.05, 0) is 32.9 Å². The van der Waals surface area contributed by atoms with Gasteiger partial charge in [-0.2, -0.15) is 0 Å². The first-order valence-electron chi connectivity index (χ1n) is 7.08. The molecule has 2 rings (SSSR count). The SMILES string of the molecule is CC(C)S(=O)(=O)c1ccccc1C(=O)N1CCO[C@H](C)C1. The van der Waals surface area contributed by atoms with Gasteiger partial charge in [-0.25, -0.2) is 8.42 Å². The van der Waals surface area contributed by atoms with Crippen LogP contribution in [0.15, 0.2) is 29.2 Å². The van der Waals surface area contributed by atoms with E-state index in [1.54, 1.807) is 36.9 Å². The second-order valence-electron chi connectivity index (χ2n) is 5.52. The highest BCUT2D eigenvalue weighted by atomic mass is 32.2. The van der Waals surface area contributed by atoms with Crippen molar-refractivity contribution in [3.63, 3.8) is 0 Å². The van der Waals surface area contributed by atoms with Gasteiger partial charge in [0.25, 0.3) is 5.91 Å². The van der Waals surface area contributed by atoms with E-state index < -0.39 is 15.1 Å². The zero-order valence-corrected chi connectivity index (χ0v) is 13.4. The molecule has 21 heavy (non-hydrogen) atoms. The number of sulfone groups is 1. The molecule has 1 amide bonds. The van der Waals surface area contributed by atoms with Crippen LogP contribution in [0.5, 0.6) is 0 Å². The van der Waals surface area contributed by atoms with Gasteiger partial charge in [0.15, 0.2) is 9.84 Å². The maximum atomic E-state index is 12.6. The fraction of sp³-hybridized carbons (Fsp3) is 0.533. The van der Waals surface area contributed by atoms with Gasteiger partial charge in [0, 0.05) is 13.1 Å². The van der Waals surface area contributed by atoms with Crippen LogP contribution >= 0.6 is 0 Å². The number of rotatable bonds is 3. The average Bonchev–Trinajstić information content (AvgIpc) is 2.46. The third kappa shape index (κ3) is 3.27. The van der Waals surface area contributed by atoms with Crippen LogP contribution in [0.2, 0.25) is 0 Å². The van der Waals surface area contributed by atoms with Crippen LogP contribution in [0, 0.1) is 0 Å². The maximum absolute atomic E-state index is 12.6. The highest BCUT2D eigenvalue weighted by Crippen LogP contribution is 2.22. The van der Waals surface area contributed by atoms with E-state index in [2.05, 4.69) is 0 Å². The molecule has 1 atom stereocenters. The number of benzene rings is 1. The molecule has 5 nitrogen and oxygen atoms in total. The highest BCUT2D eigenvalue weighted by Gasteiger charge is 2.29. The second-order valence-corrected chi connectivity index (χ2v) is 8.00. The summed E-state index contributed by atoms with van der Waals surface area (Å²) >= 11 is 0. The van der Waals surface area contributed by atoms with Crippen molar-refractivity contribution in [3.05, 3.63) is 29.8 Å². The first-order chi connectivity index (χ1) is 9.84. The lowest BCUT2D eigenvalue weighted by Crippen LogP contribution is -2.44. The number of ether oxygens (including phenoxy) is 1. The van der Waals surface area contributed by atoms with E-state index in [4.69, 9.17) is 4.74 Å². The molecule has 0 bridgehead atoms. The van der Waals surface area contributed by atoms with Gasteiger partial charge in [0.1, 0.15) is 0 Å². The van der Waals surface area contributed by atoms with Gasteiger partial charge in [0.05, 0.1) is 28.4 Å². The molecule has 1 aromatic carbocycles. The van der Waals surface area contributed by atoms with E-state index in [9.17, 15) is 13.2 Å². The van der Waals surface area contributed by atoms with Crippen LogP contribution in [-0.4, -0.2) is 50.3 Å². The van der Waals surface area contributed by atoms with E-state index in [0.29, 0.717) is 19.7 Å². The van der Waals surface area contributed by atoms with Crippen LogP contribution in [0.3, 0.4) is 0 Å². The molecule has 116 valence electrons. The first-order valence-corrected chi connectivity index (χ1v) is 8.62. The predicted molar refractivity (Wildman–Crippen MR) is 80.1 cm³/mol. The van der Waals surface area contributed by atoms with Crippen molar-refractivity contribution in [3.8, 4) is 0 Å². The van der Waals surface area contributed by atoms with Crippen LogP contribution in [-0.2, 0) is 14.6 Å². The number of hydrogen-bond donors (Lipinski definition) is 0. The molecule has 6 heteroatoms. The van der Waals surface area contributed by atoms with Crippen molar-refractivity contribution in [1.82, 2.24) is 4.90 Å².